The van der Waals surface area contributed by atoms with Gasteiger partial charge in [0.15, 0.2) is 0 Å². The van der Waals surface area contributed by atoms with Crippen LogP contribution in [0.5, 0.6) is 0 Å². The van der Waals surface area contributed by atoms with Crippen LogP contribution in [0.2, 0.25) is 0 Å². The van der Waals surface area contributed by atoms with Crippen LogP contribution in [0.15, 0.2) is 30.0 Å². The van der Waals surface area contributed by atoms with Crippen LogP contribution in [0.4, 0.5) is 5.82 Å². The number of amides is 2. The lowest BCUT2D eigenvalue weighted by molar-refractivity contribution is -0.130. The van der Waals surface area contributed by atoms with E-state index in [-0.39, 0.29) is 23.3 Å². The minimum Gasteiger partial charge on any atom is -0.349 e. The molecule has 0 unspecified atom stereocenters. The second-order valence-electron chi connectivity index (χ2n) is 8.42. The zero-order valence-corrected chi connectivity index (χ0v) is 19.3. The van der Waals surface area contributed by atoms with E-state index >= 15 is 0 Å². The third kappa shape index (κ3) is 5.25. The Morgan fingerprint density at radius 3 is 2.56 bits per heavy atom. The lowest BCUT2D eigenvalue weighted by atomic mass is 9.95. The molecule has 168 valence electrons. The zero-order chi connectivity index (χ0) is 23.3. The molecule has 1 N–H and O–H groups in total. The first-order chi connectivity index (χ1) is 15.3. The summed E-state index contributed by atoms with van der Waals surface area (Å²) in [7, 11) is 0. The first-order valence-electron chi connectivity index (χ1n) is 11.1. The third-order valence-electron chi connectivity index (χ3n) is 6.03. The fourth-order valence-corrected chi connectivity index (χ4v) is 4.12. The van der Waals surface area contributed by atoms with E-state index in [1.807, 2.05) is 32.9 Å². The summed E-state index contributed by atoms with van der Waals surface area (Å²) in [5.74, 6) is 0.0128. The number of anilines is 1. The molecule has 3 heterocycles. The van der Waals surface area contributed by atoms with Crippen molar-refractivity contribution in [3.8, 4) is 6.07 Å². The van der Waals surface area contributed by atoms with Gasteiger partial charge in [0, 0.05) is 43.1 Å². The number of carbonyl (C=O) groups is 2. The summed E-state index contributed by atoms with van der Waals surface area (Å²) < 4.78 is 2.21. The molecule has 7 nitrogen and oxygen atoms in total. The Morgan fingerprint density at radius 1 is 1.25 bits per heavy atom. The number of aryl methyl sites for hydroxylation is 2. The smallest absolute Gasteiger partial charge is 0.264 e. The van der Waals surface area contributed by atoms with E-state index in [1.165, 1.54) is 0 Å². The standard InChI is InChI=1S/C25H31N5O2/c1-5-10-30-18(3)13-21(19(30)4)14-22(15-26)25(32)29-11-8-20(9-12-29)24(31)28-23-7-6-17(2)16-27-23/h6-7,13-14,16,20H,5,8-12H2,1-4H3,(H,27,28,31)/b22-14+. The van der Waals surface area contributed by atoms with Gasteiger partial charge in [0.1, 0.15) is 17.5 Å². The molecule has 0 spiro atoms. The van der Waals surface area contributed by atoms with Crippen LogP contribution in [0, 0.1) is 38.0 Å². The van der Waals surface area contributed by atoms with Gasteiger partial charge in [-0.15, -0.1) is 0 Å². The van der Waals surface area contributed by atoms with Crippen molar-refractivity contribution in [3.63, 3.8) is 0 Å². The molecular weight excluding hydrogens is 402 g/mol. The quantitative estimate of drug-likeness (QED) is 0.551. The number of rotatable bonds is 6. The molecule has 0 saturated carbocycles. The fourth-order valence-electron chi connectivity index (χ4n) is 4.12. The molecule has 0 aliphatic carbocycles. The predicted octanol–water partition coefficient (Wildman–Crippen LogP) is 4.00. The van der Waals surface area contributed by atoms with Crippen LogP contribution in [-0.2, 0) is 16.1 Å². The Hall–Kier alpha value is -3.40. The van der Waals surface area contributed by atoms with Crippen LogP contribution < -0.4 is 5.32 Å². The first kappa shape index (κ1) is 23.3. The van der Waals surface area contributed by atoms with Gasteiger partial charge in [-0.1, -0.05) is 13.0 Å². The van der Waals surface area contributed by atoms with Crippen molar-refractivity contribution in [2.75, 3.05) is 18.4 Å². The van der Waals surface area contributed by atoms with Gasteiger partial charge in [-0.3, -0.25) is 9.59 Å². The number of hydrogen-bond donors (Lipinski definition) is 1. The number of hydrogen-bond acceptors (Lipinski definition) is 4. The molecule has 0 radical (unpaired) electrons. The Labute approximate surface area is 189 Å². The summed E-state index contributed by atoms with van der Waals surface area (Å²) in [6.07, 6.45) is 5.55. The lowest BCUT2D eigenvalue weighted by Crippen LogP contribution is -2.42. The maximum absolute atomic E-state index is 13.0. The molecular formula is C25H31N5O2. The molecule has 0 bridgehead atoms. The highest BCUT2D eigenvalue weighted by molar-refractivity contribution is 6.02. The third-order valence-corrected chi connectivity index (χ3v) is 6.03. The summed E-state index contributed by atoms with van der Waals surface area (Å²) in [6, 6.07) is 7.79. The Morgan fingerprint density at radius 2 is 1.97 bits per heavy atom. The van der Waals surface area contributed by atoms with Crippen molar-refractivity contribution in [3.05, 3.63) is 52.5 Å². The zero-order valence-electron chi connectivity index (χ0n) is 19.3. The Kier molecular flexibility index (Phi) is 7.47. The number of nitrogens with one attached hydrogen (secondary N) is 1. The second-order valence-corrected chi connectivity index (χ2v) is 8.42. The minimum absolute atomic E-state index is 0.0761. The highest BCUT2D eigenvalue weighted by Gasteiger charge is 2.29. The van der Waals surface area contributed by atoms with Gasteiger partial charge in [-0.2, -0.15) is 5.26 Å². The van der Waals surface area contributed by atoms with Crippen LogP contribution >= 0.6 is 0 Å². The Balaban J connectivity index is 1.63. The van der Waals surface area contributed by atoms with Gasteiger partial charge in [-0.05, 0) is 69.4 Å². The highest BCUT2D eigenvalue weighted by Crippen LogP contribution is 2.23. The topological polar surface area (TPSA) is 91.0 Å². The minimum atomic E-state index is -0.271. The lowest BCUT2D eigenvalue weighted by Gasteiger charge is -2.31. The molecule has 2 aromatic rings. The number of nitriles is 1. The number of nitrogens with zero attached hydrogens (tertiary/aromatic N) is 4. The van der Waals surface area contributed by atoms with Gasteiger partial charge in [-0.25, -0.2) is 4.98 Å². The highest BCUT2D eigenvalue weighted by atomic mass is 16.2. The van der Waals surface area contributed by atoms with E-state index in [0.29, 0.717) is 31.7 Å². The SMILES string of the molecule is CCCn1c(C)cc(/C=C(\C#N)C(=O)N2CCC(C(=O)Nc3ccc(C)cn3)CC2)c1C. The van der Waals surface area contributed by atoms with E-state index in [9.17, 15) is 14.9 Å². The van der Waals surface area contributed by atoms with Gasteiger partial charge in [0.2, 0.25) is 5.91 Å². The summed E-state index contributed by atoms with van der Waals surface area (Å²) in [6.45, 7) is 9.93. The van der Waals surface area contributed by atoms with Crippen molar-refractivity contribution in [2.24, 2.45) is 5.92 Å². The molecule has 2 aromatic heterocycles. The fraction of sp³-hybridized carbons (Fsp3) is 0.440. The van der Waals surface area contributed by atoms with Crippen molar-refractivity contribution < 1.29 is 9.59 Å². The average molecular weight is 434 g/mol. The molecule has 1 aliphatic heterocycles. The molecule has 7 heteroatoms. The van der Waals surface area contributed by atoms with Crippen molar-refractivity contribution >= 4 is 23.7 Å². The number of carbonyl (C=O) groups excluding carboxylic acids is 2. The summed E-state index contributed by atoms with van der Waals surface area (Å²) in [5.41, 5.74) is 4.25. The van der Waals surface area contributed by atoms with Gasteiger partial charge in [0.05, 0.1) is 0 Å². The predicted molar refractivity (Wildman–Crippen MR) is 125 cm³/mol. The van der Waals surface area contributed by atoms with Crippen molar-refractivity contribution in [1.82, 2.24) is 14.5 Å². The van der Waals surface area contributed by atoms with E-state index in [1.54, 1.807) is 23.2 Å². The molecule has 1 saturated heterocycles. The van der Waals surface area contributed by atoms with Gasteiger partial charge >= 0.3 is 0 Å². The summed E-state index contributed by atoms with van der Waals surface area (Å²) >= 11 is 0. The number of piperidine rings is 1. The van der Waals surface area contributed by atoms with Crippen LogP contribution in [0.25, 0.3) is 6.08 Å². The molecule has 0 aromatic carbocycles. The van der Waals surface area contributed by atoms with E-state index in [4.69, 9.17) is 0 Å². The van der Waals surface area contributed by atoms with Crippen molar-refractivity contribution in [2.45, 2.75) is 53.5 Å². The number of likely N-dealkylation sites (tertiary alicyclic amines) is 1. The van der Waals surface area contributed by atoms with E-state index < -0.39 is 0 Å². The molecule has 2 amide bonds. The van der Waals surface area contributed by atoms with Gasteiger partial charge < -0.3 is 14.8 Å². The monoisotopic (exact) mass is 433 g/mol. The largest absolute Gasteiger partial charge is 0.349 e. The van der Waals surface area contributed by atoms with Gasteiger partial charge in [0.25, 0.3) is 5.91 Å². The normalized spacial score (nSPS) is 14.8. The molecule has 3 rings (SSSR count). The van der Waals surface area contributed by atoms with Crippen LogP contribution in [0.3, 0.4) is 0 Å². The second kappa shape index (κ2) is 10.3. The maximum atomic E-state index is 13.0. The van der Waals surface area contributed by atoms with E-state index in [0.717, 1.165) is 35.5 Å². The molecule has 1 aliphatic rings. The Bertz CT molecular complexity index is 1050. The van der Waals surface area contributed by atoms with Crippen molar-refractivity contribution in [1.29, 1.82) is 5.26 Å². The summed E-state index contributed by atoms with van der Waals surface area (Å²) in [4.78, 5) is 31.4. The van der Waals surface area contributed by atoms with Crippen LogP contribution in [-0.4, -0.2) is 39.4 Å². The number of pyridine rings is 1. The maximum Gasteiger partial charge on any atom is 0.264 e. The molecule has 0 atom stereocenters. The van der Waals surface area contributed by atoms with E-state index in [2.05, 4.69) is 27.9 Å². The van der Waals surface area contributed by atoms with Crippen LogP contribution in [0.1, 0.15) is 48.7 Å². The first-order valence-corrected chi connectivity index (χ1v) is 11.1. The summed E-state index contributed by atoms with van der Waals surface area (Å²) in [5, 5.41) is 12.5. The molecule has 32 heavy (non-hydrogen) atoms. The molecule has 1 fully saturated rings. The number of aromatic nitrogens is 2. The average Bonchev–Trinajstić information content (AvgIpc) is 3.06.